The van der Waals surface area contributed by atoms with Crippen molar-refractivity contribution in [2.45, 2.75) is 45.4 Å². The average Bonchev–Trinajstić information content (AvgIpc) is 2.78. The van der Waals surface area contributed by atoms with Gasteiger partial charge in [0.2, 0.25) is 0 Å². The number of hydrogen-bond donors (Lipinski definition) is 1. The molecule has 6 heteroatoms. The van der Waals surface area contributed by atoms with Crippen LogP contribution in [0.5, 0.6) is 0 Å². The van der Waals surface area contributed by atoms with Gasteiger partial charge >= 0.3 is 17.9 Å². The lowest BCUT2D eigenvalue weighted by Gasteiger charge is -2.38. The Labute approximate surface area is 123 Å². The molecule has 2 atom stereocenters. The number of ether oxygens (including phenoxy) is 2. The molecule has 0 amide bonds. The Bertz CT molecular complexity index is 400. The molecule has 2 fully saturated rings. The molecule has 118 valence electrons. The fourth-order valence-corrected chi connectivity index (χ4v) is 3.46. The minimum Gasteiger partial charge on any atom is -0.481 e. The molecular weight excluding hydrogens is 276 g/mol. The van der Waals surface area contributed by atoms with Crippen LogP contribution in [0.1, 0.15) is 45.4 Å². The molecule has 0 spiro atoms. The van der Waals surface area contributed by atoms with E-state index in [0.717, 1.165) is 0 Å². The standard InChI is InChI=1S/C15H22O6/c1-15(14(18)19,10-4-2-6-20-12(16)8-10)11-5-3-7-21-13(17)9-11/h10-11H,2-9H2,1H3,(H,18,19). The predicted octanol–water partition coefficient (Wildman–Crippen LogP) is 1.76. The highest BCUT2D eigenvalue weighted by Gasteiger charge is 2.49. The first kappa shape index (κ1) is 15.8. The number of esters is 2. The predicted molar refractivity (Wildman–Crippen MR) is 72.3 cm³/mol. The van der Waals surface area contributed by atoms with Gasteiger partial charge in [-0.3, -0.25) is 14.4 Å². The fraction of sp³-hybridized carbons (Fsp3) is 0.800. The summed E-state index contributed by atoms with van der Waals surface area (Å²) in [5.41, 5.74) is -1.10. The molecule has 0 aromatic rings. The Morgan fingerprint density at radius 1 is 1.05 bits per heavy atom. The van der Waals surface area contributed by atoms with E-state index in [4.69, 9.17) is 9.47 Å². The number of aliphatic carboxylic acids is 1. The Morgan fingerprint density at radius 3 is 1.86 bits per heavy atom. The Hall–Kier alpha value is -1.59. The number of hydrogen-bond acceptors (Lipinski definition) is 5. The van der Waals surface area contributed by atoms with E-state index in [9.17, 15) is 19.5 Å². The molecule has 0 aromatic carbocycles. The van der Waals surface area contributed by atoms with Crippen molar-refractivity contribution in [2.75, 3.05) is 13.2 Å². The number of carbonyl (C=O) groups excluding carboxylic acids is 2. The number of cyclic esters (lactones) is 2. The Kier molecular flexibility index (Phi) is 4.85. The van der Waals surface area contributed by atoms with Gasteiger partial charge in [-0.1, -0.05) is 0 Å². The first-order valence-corrected chi connectivity index (χ1v) is 7.49. The van der Waals surface area contributed by atoms with Gasteiger partial charge in [-0.05, 0) is 44.4 Å². The van der Waals surface area contributed by atoms with Gasteiger partial charge < -0.3 is 14.6 Å². The topological polar surface area (TPSA) is 89.9 Å². The van der Waals surface area contributed by atoms with Crippen molar-refractivity contribution in [2.24, 2.45) is 17.3 Å². The van der Waals surface area contributed by atoms with Gasteiger partial charge in [0, 0.05) is 12.8 Å². The van der Waals surface area contributed by atoms with E-state index < -0.39 is 11.4 Å². The van der Waals surface area contributed by atoms with E-state index in [1.54, 1.807) is 6.92 Å². The third-order valence-corrected chi connectivity index (χ3v) is 4.90. The van der Waals surface area contributed by atoms with Gasteiger partial charge in [0.25, 0.3) is 0 Å². The van der Waals surface area contributed by atoms with E-state index in [1.807, 2.05) is 0 Å². The fourth-order valence-electron chi connectivity index (χ4n) is 3.46. The highest BCUT2D eigenvalue weighted by Crippen LogP contribution is 2.45. The number of carboxylic acids is 1. The first-order chi connectivity index (χ1) is 9.94. The molecule has 6 nitrogen and oxygen atoms in total. The second-order valence-electron chi connectivity index (χ2n) is 6.12. The van der Waals surface area contributed by atoms with Crippen LogP contribution >= 0.6 is 0 Å². The maximum absolute atomic E-state index is 12.0. The smallest absolute Gasteiger partial charge is 0.309 e. The average molecular weight is 298 g/mol. The normalized spacial score (nSPS) is 30.3. The maximum Gasteiger partial charge on any atom is 0.309 e. The minimum atomic E-state index is -1.10. The van der Waals surface area contributed by atoms with Crippen molar-refractivity contribution < 1.29 is 29.0 Å². The van der Waals surface area contributed by atoms with Crippen LogP contribution in [0.15, 0.2) is 0 Å². The highest BCUT2D eigenvalue weighted by molar-refractivity contribution is 5.79. The molecule has 2 rings (SSSR count). The molecule has 0 aromatic heterocycles. The molecule has 0 radical (unpaired) electrons. The van der Waals surface area contributed by atoms with Crippen LogP contribution in [0, 0.1) is 17.3 Å². The third kappa shape index (κ3) is 3.36. The van der Waals surface area contributed by atoms with Crippen LogP contribution in [-0.4, -0.2) is 36.2 Å². The summed E-state index contributed by atoms with van der Waals surface area (Å²) in [5, 5.41) is 9.79. The van der Waals surface area contributed by atoms with Crippen LogP contribution in [0.25, 0.3) is 0 Å². The quantitative estimate of drug-likeness (QED) is 0.799. The lowest BCUT2D eigenvalue weighted by Crippen LogP contribution is -2.44. The largest absolute Gasteiger partial charge is 0.481 e. The molecule has 2 aliphatic rings. The van der Waals surface area contributed by atoms with Gasteiger partial charge in [-0.2, -0.15) is 0 Å². The summed E-state index contributed by atoms with van der Waals surface area (Å²) >= 11 is 0. The van der Waals surface area contributed by atoms with Crippen molar-refractivity contribution in [1.29, 1.82) is 0 Å². The number of carbonyl (C=O) groups is 3. The number of rotatable bonds is 3. The zero-order chi connectivity index (χ0) is 15.5. The summed E-state index contributed by atoms with van der Waals surface area (Å²) in [5.74, 6) is -2.24. The Balaban J connectivity index is 2.27. The molecule has 1 N–H and O–H groups in total. The zero-order valence-electron chi connectivity index (χ0n) is 12.3. The highest BCUT2D eigenvalue weighted by atomic mass is 16.5. The summed E-state index contributed by atoms with van der Waals surface area (Å²) in [6, 6.07) is 0. The minimum absolute atomic E-state index is 0.106. The van der Waals surface area contributed by atoms with Crippen LogP contribution in [0.2, 0.25) is 0 Å². The van der Waals surface area contributed by atoms with Crippen LogP contribution < -0.4 is 0 Å². The van der Waals surface area contributed by atoms with Crippen molar-refractivity contribution in [1.82, 2.24) is 0 Å². The van der Waals surface area contributed by atoms with Crippen molar-refractivity contribution in [3.8, 4) is 0 Å². The van der Waals surface area contributed by atoms with Crippen LogP contribution in [0.3, 0.4) is 0 Å². The molecule has 2 saturated heterocycles. The second-order valence-corrected chi connectivity index (χ2v) is 6.12. The molecule has 0 bridgehead atoms. The van der Waals surface area contributed by atoms with Crippen molar-refractivity contribution in [3.63, 3.8) is 0 Å². The van der Waals surface area contributed by atoms with E-state index in [1.165, 1.54) is 0 Å². The molecule has 0 saturated carbocycles. The SMILES string of the molecule is CC(C(=O)O)(C1CCCOC(=O)C1)C1CCCOC(=O)C1. The van der Waals surface area contributed by atoms with Gasteiger partial charge in [0.05, 0.1) is 18.6 Å². The van der Waals surface area contributed by atoms with Gasteiger partial charge in [0.1, 0.15) is 0 Å². The summed E-state index contributed by atoms with van der Waals surface area (Å²) in [6.07, 6.45) is 2.79. The van der Waals surface area contributed by atoms with Gasteiger partial charge in [-0.15, -0.1) is 0 Å². The monoisotopic (exact) mass is 298 g/mol. The maximum atomic E-state index is 12.0. The first-order valence-electron chi connectivity index (χ1n) is 7.49. The lowest BCUT2D eigenvalue weighted by atomic mass is 9.63. The van der Waals surface area contributed by atoms with Gasteiger partial charge in [-0.25, -0.2) is 0 Å². The van der Waals surface area contributed by atoms with E-state index >= 15 is 0 Å². The molecule has 2 aliphatic heterocycles. The summed E-state index contributed by atoms with van der Waals surface area (Å²) in [4.78, 5) is 35.3. The van der Waals surface area contributed by atoms with E-state index in [-0.39, 0.29) is 36.6 Å². The lowest BCUT2D eigenvalue weighted by molar-refractivity contribution is -0.159. The molecule has 21 heavy (non-hydrogen) atoms. The Morgan fingerprint density at radius 2 is 1.48 bits per heavy atom. The molecular formula is C15H22O6. The molecule has 0 aliphatic carbocycles. The summed E-state index contributed by atoms with van der Waals surface area (Å²) in [7, 11) is 0. The molecule has 2 unspecified atom stereocenters. The van der Waals surface area contributed by atoms with Crippen LogP contribution in [0.4, 0.5) is 0 Å². The number of carboxylic acid groups (broad SMARTS) is 1. The second kappa shape index (κ2) is 6.45. The van der Waals surface area contributed by atoms with E-state index in [0.29, 0.717) is 38.9 Å². The van der Waals surface area contributed by atoms with E-state index in [2.05, 4.69) is 0 Å². The molecule has 2 heterocycles. The zero-order valence-corrected chi connectivity index (χ0v) is 12.3. The van der Waals surface area contributed by atoms with Gasteiger partial charge in [0.15, 0.2) is 0 Å². The summed E-state index contributed by atoms with van der Waals surface area (Å²) < 4.78 is 10.0. The summed E-state index contributed by atoms with van der Waals surface area (Å²) in [6.45, 7) is 2.36. The van der Waals surface area contributed by atoms with Crippen molar-refractivity contribution >= 4 is 17.9 Å². The van der Waals surface area contributed by atoms with Crippen molar-refractivity contribution in [3.05, 3.63) is 0 Å². The third-order valence-electron chi connectivity index (χ3n) is 4.90. The van der Waals surface area contributed by atoms with Crippen LogP contribution in [-0.2, 0) is 23.9 Å².